The molecule has 0 saturated heterocycles. The zero-order chi connectivity index (χ0) is 17.8. The summed E-state index contributed by atoms with van der Waals surface area (Å²) in [4.78, 5) is 6.20. The number of nitrogens with one attached hydrogen (secondary N) is 1. The number of H-pyrrole nitrogens is 1. The Morgan fingerprint density at radius 3 is 2.48 bits per heavy atom. The molecule has 0 unspecified atom stereocenters. The van der Waals surface area contributed by atoms with E-state index in [1.807, 2.05) is 0 Å². The highest BCUT2D eigenvalue weighted by atomic mass is 127. The number of nitrogens with zero attached hydrogens (tertiary/aromatic N) is 1. The van der Waals surface area contributed by atoms with E-state index in [9.17, 15) is 17.6 Å². The second-order valence-corrected chi connectivity index (χ2v) is 6.81. The minimum Gasteiger partial charge on any atom is -0.398 e. The number of nitrogens with two attached hydrogens (primary N) is 1. The second-order valence-electron chi connectivity index (χ2n) is 4.69. The van der Waals surface area contributed by atoms with Crippen LogP contribution in [-0.2, 0) is 5.92 Å². The molecular formula is C15H17F4IN3+. The van der Waals surface area contributed by atoms with Crippen molar-refractivity contribution in [2.75, 3.05) is 0 Å². The Bertz CT molecular complexity index is 676. The summed E-state index contributed by atoms with van der Waals surface area (Å²) < 4.78 is 54.4. The van der Waals surface area contributed by atoms with Gasteiger partial charge in [0.15, 0.2) is 0 Å². The van der Waals surface area contributed by atoms with E-state index in [4.69, 9.17) is 5.73 Å². The van der Waals surface area contributed by atoms with Crippen LogP contribution in [0.3, 0.4) is 0 Å². The van der Waals surface area contributed by atoms with Crippen LogP contribution in [0.5, 0.6) is 0 Å². The molecule has 0 bridgehead atoms. The predicted octanol–water partition coefficient (Wildman–Crippen LogP) is 3.81. The zero-order valence-corrected chi connectivity index (χ0v) is 14.8. The van der Waals surface area contributed by atoms with Crippen molar-refractivity contribution < 1.29 is 22.5 Å². The number of alkyl halides is 5. The van der Waals surface area contributed by atoms with Crippen LogP contribution in [0.4, 0.5) is 17.6 Å². The smallest absolute Gasteiger partial charge is 0.315 e. The summed E-state index contributed by atoms with van der Waals surface area (Å²) in [6.45, 7) is 5.65. The lowest BCUT2D eigenvalue weighted by atomic mass is 10.0. The molecule has 0 saturated carbocycles. The van der Waals surface area contributed by atoms with Crippen LogP contribution in [0.1, 0.15) is 25.2 Å². The molecule has 0 fully saturated rings. The number of aromatic nitrogens is 2. The van der Waals surface area contributed by atoms with Gasteiger partial charge in [-0.25, -0.2) is 4.98 Å². The normalized spacial score (nSPS) is 14.0. The molecule has 8 heteroatoms. The van der Waals surface area contributed by atoms with Gasteiger partial charge in [-0.05, 0) is 38.7 Å². The van der Waals surface area contributed by atoms with Crippen LogP contribution < -0.4 is 10.7 Å². The topological polar surface area (TPSA) is 53.0 Å². The van der Waals surface area contributed by atoms with E-state index in [0.29, 0.717) is 6.92 Å². The number of hydrogen-bond donors (Lipinski definition) is 1. The van der Waals surface area contributed by atoms with Crippen molar-refractivity contribution in [2.45, 2.75) is 23.7 Å². The number of hydrogen-bond acceptors (Lipinski definition) is 2. The van der Waals surface area contributed by atoms with Gasteiger partial charge in [-0.3, -0.25) is 0 Å². The van der Waals surface area contributed by atoms with Gasteiger partial charge in [0.25, 0.3) is 6.33 Å². The predicted molar refractivity (Wildman–Crippen MR) is 91.5 cm³/mol. The minimum absolute atomic E-state index is 0.141. The van der Waals surface area contributed by atoms with E-state index in [0.717, 1.165) is 18.5 Å². The number of rotatable bonds is 6. The summed E-state index contributed by atoms with van der Waals surface area (Å²) >= 11 is -1.66. The van der Waals surface area contributed by atoms with E-state index in [1.54, 1.807) is 6.92 Å². The molecule has 0 spiro atoms. The van der Waals surface area contributed by atoms with Crippen LogP contribution in [0.15, 0.2) is 42.4 Å². The fraction of sp³-hybridized carbons (Fsp3) is 0.267. The SMILES string of the molecule is C=IC(F)(F)C(=C)/C=C(\C(N)=C/C)c1cc(C(C)(F)F)nc[nH+]1. The van der Waals surface area contributed by atoms with Gasteiger partial charge < -0.3 is 5.73 Å². The zero-order valence-electron chi connectivity index (χ0n) is 12.6. The molecule has 1 rings (SSSR count). The van der Waals surface area contributed by atoms with Crippen LogP contribution in [0, 0.1) is 0 Å². The highest BCUT2D eigenvalue weighted by Crippen LogP contribution is 2.36. The van der Waals surface area contributed by atoms with Crippen LogP contribution in [-0.4, -0.2) is 13.4 Å². The first-order valence-electron chi connectivity index (χ1n) is 6.40. The van der Waals surface area contributed by atoms with Crippen molar-refractivity contribution >= 4 is 30.8 Å². The van der Waals surface area contributed by atoms with Crippen LogP contribution >= 0.6 is 20.7 Å². The summed E-state index contributed by atoms with van der Waals surface area (Å²) in [6, 6.07) is 1.08. The molecular weight excluding hydrogens is 425 g/mol. The molecule has 0 aliphatic heterocycles. The Morgan fingerprint density at radius 2 is 2.00 bits per heavy atom. The lowest BCUT2D eigenvalue weighted by molar-refractivity contribution is -0.387. The monoisotopic (exact) mass is 442 g/mol. The van der Waals surface area contributed by atoms with Crippen molar-refractivity contribution in [2.24, 2.45) is 5.73 Å². The van der Waals surface area contributed by atoms with E-state index in [-0.39, 0.29) is 17.0 Å². The van der Waals surface area contributed by atoms with Gasteiger partial charge >= 0.3 is 9.85 Å². The first kappa shape index (κ1) is 19.5. The fourth-order valence-electron chi connectivity index (χ4n) is 1.60. The largest absolute Gasteiger partial charge is 0.398 e. The van der Waals surface area contributed by atoms with E-state index in [1.165, 1.54) is 6.08 Å². The Kier molecular flexibility index (Phi) is 6.20. The molecule has 23 heavy (non-hydrogen) atoms. The second kappa shape index (κ2) is 7.33. The number of halogens is 5. The fourth-order valence-corrected chi connectivity index (χ4v) is 2.24. The summed E-state index contributed by atoms with van der Waals surface area (Å²) in [5.41, 5.74) is 5.29. The Hall–Kier alpha value is -1.58. The molecule has 0 aliphatic rings. The third kappa shape index (κ3) is 4.95. The van der Waals surface area contributed by atoms with Gasteiger partial charge in [-0.15, -0.1) is 0 Å². The van der Waals surface area contributed by atoms with Gasteiger partial charge in [0.05, 0.1) is 0 Å². The highest BCUT2D eigenvalue weighted by molar-refractivity contribution is 14.2. The standard InChI is InChI=1S/C15H16F4IN3/c1-5-11(21)10(6-9(2)15(18,19)20-4)12-7-13(14(3,16)17)23-8-22-12/h5-8H,2,4,21H2,1,3H3/p+1/b10-6+,11-5+. The van der Waals surface area contributed by atoms with Crippen LogP contribution in [0.2, 0.25) is 0 Å². The van der Waals surface area contributed by atoms with Crippen molar-refractivity contribution in [3.05, 3.63) is 53.8 Å². The van der Waals surface area contributed by atoms with Crippen molar-refractivity contribution in [3.63, 3.8) is 0 Å². The highest BCUT2D eigenvalue weighted by Gasteiger charge is 2.33. The summed E-state index contributed by atoms with van der Waals surface area (Å²) in [5.74, 6) is -3.17. The first-order chi connectivity index (χ1) is 10.5. The molecule has 0 aromatic carbocycles. The molecule has 3 nitrogen and oxygen atoms in total. The molecule has 0 atom stereocenters. The third-order valence-corrected chi connectivity index (χ3v) is 4.57. The minimum atomic E-state index is -3.17. The summed E-state index contributed by atoms with van der Waals surface area (Å²) in [6.07, 6.45) is 3.63. The summed E-state index contributed by atoms with van der Waals surface area (Å²) in [5, 5.41) is 0. The summed E-state index contributed by atoms with van der Waals surface area (Å²) in [7, 11) is 0. The van der Waals surface area contributed by atoms with Crippen molar-refractivity contribution in [1.29, 1.82) is 0 Å². The Morgan fingerprint density at radius 1 is 1.39 bits per heavy atom. The lowest BCUT2D eigenvalue weighted by Crippen LogP contribution is -2.20. The Balaban J connectivity index is 3.46. The lowest BCUT2D eigenvalue weighted by Gasteiger charge is -2.13. The van der Waals surface area contributed by atoms with Gasteiger partial charge in [0.2, 0.25) is 5.69 Å². The van der Waals surface area contributed by atoms with Crippen molar-refractivity contribution in [3.8, 4) is 0 Å². The number of allylic oxidation sites excluding steroid dienone is 4. The van der Waals surface area contributed by atoms with E-state index < -0.39 is 41.8 Å². The van der Waals surface area contributed by atoms with Gasteiger partial charge in [-0.2, -0.15) is 17.6 Å². The first-order valence-corrected chi connectivity index (χ1v) is 9.00. The molecule has 126 valence electrons. The van der Waals surface area contributed by atoms with E-state index in [2.05, 4.69) is 21.1 Å². The van der Waals surface area contributed by atoms with E-state index >= 15 is 0 Å². The molecule has 0 aliphatic carbocycles. The Labute approximate surface area is 141 Å². The molecule has 1 heterocycles. The van der Waals surface area contributed by atoms with Crippen molar-refractivity contribution in [1.82, 2.24) is 4.98 Å². The molecule has 0 radical (unpaired) electrons. The van der Waals surface area contributed by atoms with Gasteiger partial charge in [0, 0.05) is 29.8 Å². The van der Waals surface area contributed by atoms with Gasteiger partial charge in [0.1, 0.15) is 5.69 Å². The molecule has 1 aromatic rings. The third-order valence-electron chi connectivity index (χ3n) is 2.92. The molecule has 3 N–H and O–H groups in total. The molecule has 0 amide bonds. The molecule has 1 aromatic heterocycles. The van der Waals surface area contributed by atoms with Crippen LogP contribution in [0.25, 0.3) is 5.57 Å². The average molecular weight is 442 g/mol. The quantitative estimate of drug-likeness (QED) is 0.316. The average Bonchev–Trinajstić information content (AvgIpc) is 2.50. The number of aromatic amines is 1. The maximum absolute atomic E-state index is 13.7. The van der Waals surface area contributed by atoms with Gasteiger partial charge in [-0.1, -0.05) is 17.2 Å². The maximum atomic E-state index is 13.7. The maximum Gasteiger partial charge on any atom is 0.315 e.